The fourth-order valence-corrected chi connectivity index (χ4v) is 2.13. The Hall–Kier alpha value is -1.16. The second kappa shape index (κ2) is 6.55. The Kier molecular flexibility index (Phi) is 4.74. The van der Waals surface area contributed by atoms with Gasteiger partial charge < -0.3 is 10.2 Å². The van der Waals surface area contributed by atoms with E-state index in [9.17, 15) is 0 Å². The van der Waals surface area contributed by atoms with Crippen molar-refractivity contribution in [3.63, 3.8) is 0 Å². The molecule has 17 heavy (non-hydrogen) atoms. The Morgan fingerprint density at radius 1 is 1.18 bits per heavy atom. The van der Waals surface area contributed by atoms with Gasteiger partial charge in [-0.2, -0.15) is 5.10 Å². The summed E-state index contributed by atoms with van der Waals surface area (Å²) in [5.74, 6) is 1.03. The van der Waals surface area contributed by atoms with Crippen molar-refractivity contribution in [2.75, 3.05) is 24.5 Å². The topological polar surface area (TPSA) is 41.0 Å². The van der Waals surface area contributed by atoms with Crippen LogP contribution in [0.3, 0.4) is 0 Å². The molecule has 94 valence electrons. The normalized spacial score (nSPS) is 16.2. The van der Waals surface area contributed by atoms with Gasteiger partial charge in [-0.25, -0.2) is 0 Å². The first-order chi connectivity index (χ1) is 8.40. The summed E-state index contributed by atoms with van der Waals surface area (Å²) in [7, 11) is 0. The molecule has 1 saturated heterocycles. The van der Waals surface area contributed by atoms with E-state index in [0.29, 0.717) is 0 Å². The van der Waals surface area contributed by atoms with Gasteiger partial charge in [0.15, 0.2) is 5.82 Å². The zero-order chi connectivity index (χ0) is 11.9. The lowest BCUT2D eigenvalue weighted by Gasteiger charge is -2.27. The van der Waals surface area contributed by atoms with Crippen LogP contribution < -0.4 is 10.2 Å². The van der Waals surface area contributed by atoms with Crippen molar-refractivity contribution in [1.82, 2.24) is 15.5 Å². The van der Waals surface area contributed by atoms with E-state index < -0.39 is 0 Å². The number of nitrogens with zero attached hydrogens (tertiary/aromatic N) is 3. The molecule has 2 heterocycles. The summed E-state index contributed by atoms with van der Waals surface area (Å²) in [6, 6.07) is 4.18. The Labute approximate surface area is 103 Å². The number of aromatic nitrogens is 2. The highest BCUT2D eigenvalue weighted by Crippen LogP contribution is 2.16. The van der Waals surface area contributed by atoms with Crippen LogP contribution in [0.15, 0.2) is 12.1 Å². The van der Waals surface area contributed by atoms with Crippen LogP contribution in [-0.4, -0.2) is 29.8 Å². The Morgan fingerprint density at radius 3 is 2.65 bits per heavy atom. The predicted molar refractivity (Wildman–Crippen MR) is 70.1 cm³/mol. The highest BCUT2D eigenvalue weighted by Gasteiger charge is 2.12. The van der Waals surface area contributed by atoms with Crippen LogP contribution >= 0.6 is 0 Å². The summed E-state index contributed by atoms with van der Waals surface area (Å²) in [5, 5.41) is 11.9. The largest absolute Gasteiger partial charge is 0.355 e. The number of piperidine rings is 1. The van der Waals surface area contributed by atoms with Crippen molar-refractivity contribution < 1.29 is 0 Å². The average molecular weight is 234 g/mol. The summed E-state index contributed by atoms with van der Waals surface area (Å²) in [4.78, 5) is 2.33. The van der Waals surface area contributed by atoms with Crippen LogP contribution in [0.4, 0.5) is 5.82 Å². The molecule has 0 aromatic carbocycles. The Morgan fingerprint density at radius 2 is 2.00 bits per heavy atom. The number of hydrogen-bond acceptors (Lipinski definition) is 4. The van der Waals surface area contributed by atoms with Crippen LogP contribution in [0, 0.1) is 0 Å². The summed E-state index contributed by atoms with van der Waals surface area (Å²) < 4.78 is 0. The Bertz CT molecular complexity index is 317. The molecule has 1 aromatic rings. The number of nitrogens with one attached hydrogen (secondary N) is 1. The van der Waals surface area contributed by atoms with E-state index in [4.69, 9.17) is 0 Å². The molecule has 0 aliphatic carbocycles. The highest BCUT2D eigenvalue weighted by molar-refractivity contribution is 5.37. The molecule has 1 fully saturated rings. The number of anilines is 1. The molecule has 0 saturated carbocycles. The van der Waals surface area contributed by atoms with Crippen molar-refractivity contribution in [2.24, 2.45) is 0 Å². The summed E-state index contributed by atoms with van der Waals surface area (Å²) in [6.07, 6.45) is 5.06. The van der Waals surface area contributed by atoms with Crippen LogP contribution in [-0.2, 0) is 6.54 Å². The van der Waals surface area contributed by atoms with Crippen LogP contribution in [0.25, 0.3) is 0 Å². The maximum absolute atomic E-state index is 4.32. The van der Waals surface area contributed by atoms with Gasteiger partial charge >= 0.3 is 0 Å². The monoisotopic (exact) mass is 234 g/mol. The zero-order valence-corrected chi connectivity index (χ0v) is 10.7. The minimum atomic E-state index is 0.821. The SMILES string of the molecule is CCCNCc1ccc(N2CCCCC2)nn1. The van der Waals surface area contributed by atoms with Gasteiger partial charge in [0.1, 0.15) is 0 Å². The summed E-state index contributed by atoms with van der Waals surface area (Å²) >= 11 is 0. The molecule has 0 amide bonds. The van der Waals surface area contributed by atoms with E-state index in [0.717, 1.165) is 44.1 Å². The quantitative estimate of drug-likeness (QED) is 0.791. The predicted octanol–water partition coefficient (Wildman–Crippen LogP) is 1.97. The first-order valence-corrected chi connectivity index (χ1v) is 6.68. The van der Waals surface area contributed by atoms with Crippen LogP contribution in [0.2, 0.25) is 0 Å². The van der Waals surface area contributed by atoms with Gasteiger partial charge in [0.05, 0.1) is 5.69 Å². The van der Waals surface area contributed by atoms with Crippen LogP contribution in [0.5, 0.6) is 0 Å². The third-order valence-corrected chi connectivity index (χ3v) is 3.12. The second-order valence-corrected chi connectivity index (χ2v) is 4.61. The van der Waals surface area contributed by atoms with Crippen LogP contribution in [0.1, 0.15) is 38.3 Å². The van der Waals surface area contributed by atoms with E-state index >= 15 is 0 Å². The lowest BCUT2D eigenvalue weighted by Crippen LogP contribution is -2.30. The maximum atomic E-state index is 4.32. The van der Waals surface area contributed by atoms with Crippen molar-refractivity contribution >= 4 is 5.82 Å². The molecule has 1 aliphatic rings. The third kappa shape index (κ3) is 3.66. The molecule has 2 rings (SSSR count). The van der Waals surface area contributed by atoms with Gasteiger partial charge in [-0.3, -0.25) is 0 Å². The van der Waals surface area contributed by atoms with Gasteiger partial charge in [0.25, 0.3) is 0 Å². The van der Waals surface area contributed by atoms with Crippen molar-refractivity contribution in [2.45, 2.75) is 39.2 Å². The second-order valence-electron chi connectivity index (χ2n) is 4.61. The minimum absolute atomic E-state index is 0.821. The molecule has 1 aromatic heterocycles. The summed E-state index contributed by atoms with van der Waals surface area (Å²) in [5.41, 5.74) is 1.03. The summed E-state index contributed by atoms with van der Waals surface area (Å²) in [6.45, 7) is 6.28. The smallest absolute Gasteiger partial charge is 0.151 e. The molecule has 0 radical (unpaired) electrons. The number of rotatable bonds is 5. The Balaban J connectivity index is 1.88. The highest BCUT2D eigenvalue weighted by atomic mass is 15.3. The zero-order valence-electron chi connectivity index (χ0n) is 10.7. The van der Waals surface area contributed by atoms with Gasteiger partial charge in [0.2, 0.25) is 0 Å². The molecule has 4 nitrogen and oxygen atoms in total. The fourth-order valence-electron chi connectivity index (χ4n) is 2.13. The van der Waals surface area contributed by atoms with E-state index in [1.54, 1.807) is 0 Å². The number of hydrogen-bond donors (Lipinski definition) is 1. The first-order valence-electron chi connectivity index (χ1n) is 6.68. The first kappa shape index (κ1) is 12.3. The standard InChI is InChI=1S/C13H22N4/c1-2-8-14-11-12-6-7-13(16-15-12)17-9-4-3-5-10-17/h6-7,14H,2-5,8-11H2,1H3. The molecule has 4 heteroatoms. The van der Waals surface area contributed by atoms with Gasteiger partial charge in [-0.1, -0.05) is 6.92 Å². The minimum Gasteiger partial charge on any atom is -0.355 e. The third-order valence-electron chi connectivity index (χ3n) is 3.12. The lowest BCUT2D eigenvalue weighted by molar-refractivity contribution is 0.569. The van der Waals surface area contributed by atoms with Crippen molar-refractivity contribution in [1.29, 1.82) is 0 Å². The van der Waals surface area contributed by atoms with E-state index in [1.165, 1.54) is 19.3 Å². The van der Waals surface area contributed by atoms with Crippen molar-refractivity contribution in [3.8, 4) is 0 Å². The van der Waals surface area contributed by atoms with Crippen molar-refractivity contribution in [3.05, 3.63) is 17.8 Å². The van der Waals surface area contributed by atoms with Gasteiger partial charge in [-0.05, 0) is 44.4 Å². The fraction of sp³-hybridized carbons (Fsp3) is 0.692. The van der Waals surface area contributed by atoms with E-state index in [2.05, 4.69) is 39.5 Å². The maximum Gasteiger partial charge on any atom is 0.151 e. The van der Waals surface area contributed by atoms with E-state index in [1.807, 2.05) is 0 Å². The molecule has 1 aliphatic heterocycles. The average Bonchev–Trinajstić information content (AvgIpc) is 2.41. The van der Waals surface area contributed by atoms with Gasteiger partial charge in [-0.15, -0.1) is 5.10 Å². The molecule has 1 N–H and O–H groups in total. The molecular formula is C13H22N4. The molecule has 0 atom stereocenters. The molecular weight excluding hydrogens is 212 g/mol. The molecule has 0 unspecified atom stereocenters. The van der Waals surface area contributed by atoms with Gasteiger partial charge in [0, 0.05) is 19.6 Å². The lowest BCUT2D eigenvalue weighted by atomic mass is 10.1. The molecule has 0 spiro atoms. The molecule has 0 bridgehead atoms. The van der Waals surface area contributed by atoms with E-state index in [-0.39, 0.29) is 0 Å².